The Kier molecular flexibility index (Phi) is 4.04. The fraction of sp³-hybridized carbons (Fsp3) is 0.727. The van der Waals surface area contributed by atoms with E-state index in [2.05, 4.69) is 15.0 Å². The minimum atomic E-state index is -3.50. The second kappa shape index (κ2) is 5.38. The number of hydrogen-bond donors (Lipinski definition) is 2. The number of sulfonamides is 1. The van der Waals surface area contributed by atoms with Gasteiger partial charge in [-0.3, -0.25) is 0 Å². The van der Waals surface area contributed by atoms with Crippen LogP contribution >= 0.6 is 0 Å². The summed E-state index contributed by atoms with van der Waals surface area (Å²) in [5, 5.41) is 3.37. The van der Waals surface area contributed by atoms with Crippen molar-refractivity contribution in [2.24, 2.45) is 0 Å². The third-order valence-corrected chi connectivity index (χ3v) is 4.69. The predicted molar refractivity (Wildman–Crippen MR) is 68.7 cm³/mol. The first-order chi connectivity index (χ1) is 8.53. The van der Waals surface area contributed by atoms with Gasteiger partial charge in [-0.2, -0.15) is 0 Å². The van der Waals surface area contributed by atoms with E-state index in [1.54, 1.807) is 10.8 Å². The summed E-state index contributed by atoms with van der Waals surface area (Å²) in [6, 6.07) is 0.0947. The molecule has 0 aliphatic carbocycles. The molecule has 6 nitrogen and oxygen atoms in total. The van der Waals surface area contributed by atoms with Gasteiger partial charge in [0.25, 0.3) is 10.0 Å². The van der Waals surface area contributed by atoms with Gasteiger partial charge in [0.15, 0.2) is 5.03 Å². The second-order valence-electron chi connectivity index (χ2n) is 4.66. The van der Waals surface area contributed by atoms with Crippen molar-refractivity contribution in [3.8, 4) is 0 Å². The first-order valence-electron chi connectivity index (χ1n) is 6.30. The number of aryl methyl sites for hydroxylation is 1. The summed E-state index contributed by atoms with van der Waals surface area (Å²) in [5.41, 5.74) is 0. The Morgan fingerprint density at radius 2 is 2.39 bits per heavy atom. The highest BCUT2D eigenvalue weighted by Gasteiger charge is 2.27. The third kappa shape index (κ3) is 2.90. The summed E-state index contributed by atoms with van der Waals surface area (Å²) in [5.74, 6) is 0. The molecule has 102 valence electrons. The quantitative estimate of drug-likeness (QED) is 0.828. The molecule has 1 saturated heterocycles. The summed E-state index contributed by atoms with van der Waals surface area (Å²) in [6.07, 6.45) is 4.95. The van der Waals surface area contributed by atoms with Crippen LogP contribution in [-0.4, -0.2) is 36.6 Å². The first-order valence-corrected chi connectivity index (χ1v) is 7.78. The van der Waals surface area contributed by atoms with Crippen molar-refractivity contribution >= 4 is 10.0 Å². The predicted octanol–water partition coefficient (Wildman–Crippen LogP) is 0.322. The van der Waals surface area contributed by atoms with Gasteiger partial charge in [0, 0.05) is 24.8 Å². The molecule has 2 heterocycles. The van der Waals surface area contributed by atoms with Crippen LogP contribution < -0.4 is 10.0 Å². The number of nitrogens with one attached hydrogen (secondary N) is 2. The number of rotatable bonds is 4. The van der Waals surface area contributed by atoms with Crippen molar-refractivity contribution in [1.82, 2.24) is 19.6 Å². The molecule has 1 aliphatic rings. The third-order valence-electron chi connectivity index (χ3n) is 3.32. The molecule has 1 aliphatic heterocycles. The fourth-order valence-electron chi connectivity index (χ4n) is 2.12. The molecular weight excluding hydrogens is 252 g/mol. The molecule has 0 saturated carbocycles. The summed E-state index contributed by atoms with van der Waals surface area (Å²) >= 11 is 0. The number of piperidine rings is 1. The molecule has 2 rings (SSSR count). The molecule has 18 heavy (non-hydrogen) atoms. The molecule has 1 fully saturated rings. The zero-order valence-corrected chi connectivity index (χ0v) is 11.6. The monoisotopic (exact) mass is 272 g/mol. The van der Waals surface area contributed by atoms with Crippen LogP contribution in [0.2, 0.25) is 0 Å². The summed E-state index contributed by atoms with van der Waals surface area (Å²) < 4.78 is 28.8. The van der Waals surface area contributed by atoms with E-state index in [0.717, 1.165) is 19.4 Å². The van der Waals surface area contributed by atoms with Gasteiger partial charge in [0.05, 0.1) is 6.33 Å². The molecular formula is C11H20N4O2S. The van der Waals surface area contributed by atoms with E-state index in [4.69, 9.17) is 0 Å². The molecule has 1 aromatic heterocycles. The molecule has 0 spiro atoms. The molecule has 1 aromatic rings. The van der Waals surface area contributed by atoms with Crippen molar-refractivity contribution in [3.63, 3.8) is 0 Å². The normalized spacial score (nSPS) is 25.2. The molecule has 7 heteroatoms. The lowest BCUT2D eigenvalue weighted by molar-refractivity contribution is 0.348. The molecule has 0 bridgehead atoms. The van der Waals surface area contributed by atoms with Gasteiger partial charge in [-0.15, -0.1) is 0 Å². The van der Waals surface area contributed by atoms with E-state index in [-0.39, 0.29) is 17.1 Å². The topological polar surface area (TPSA) is 76.0 Å². The standard InChI is InChI=1S/C11H20N4O2S/c1-3-15-7-11(13-8-15)18(16,17)14-10-5-4-6-12-9(10)2/h7-10,12,14H,3-6H2,1-2H3. The van der Waals surface area contributed by atoms with Gasteiger partial charge in [-0.1, -0.05) is 0 Å². The van der Waals surface area contributed by atoms with Gasteiger partial charge < -0.3 is 9.88 Å². The van der Waals surface area contributed by atoms with E-state index in [1.807, 2.05) is 13.8 Å². The maximum atomic E-state index is 12.2. The Bertz CT molecular complexity index is 497. The van der Waals surface area contributed by atoms with Crippen LogP contribution in [0.15, 0.2) is 17.6 Å². The van der Waals surface area contributed by atoms with Crippen LogP contribution in [0, 0.1) is 0 Å². The maximum Gasteiger partial charge on any atom is 0.259 e. The Balaban J connectivity index is 2.11. The van der Waals surface area contributed by atoms with Gasteiger partial charge in [0.2, 0.25) is 0 Å². The largest absolute Gasteiger partial charge is 0.336 e. The molecule has 2 N–H and O–H groups in total. The SMILES string of the molecule is CCn1cnc(S(=O)(=O)NC2CCCNC2C)c1. The fourth-order valence-corrected chi connectivity index (χ4v) is 3.42. The van der Waals surface area contributed by atoms with E-state index in [9.17, 15) is 8.42 Å². The van der Waals surface area contributed by atoms with Gasteiger partial charge in [0.1, 0.15) is 0 Å². The van der Waals surface area contributed by atoms with Crippen LogP contribution in [0.5, 0.6) is 0 Å². The molecule has 2 atom stereocenters. The average molecular weight is 272 g/mol. The van der Waals surface area contributed by atoms with Crippen molar-refractivity contribution in [2.45, 2.75) is 50.3 Å². The summed E-state index contributed by atoms with van der Waals surface area (Å²) in [4.78, 5) is 3.94. The Morgan fingerprint density at radius 1 is 1.61 bits per heavy atom. The zero-order valence-electron chi connectivity index (χ0n) is 10.8. The average Bonchev–Trinajstić information content (AvgIpc) is 2.81. The highest BCUT2D eigenvalue weighted by atomic mass is 32.2. The smallest absolute Gasteiger partial charge is 0.259 e. The molecule has 0 amide bonds. The first kappa shape index (κ1) is 13.5. The molecule has 0 aromatic carbocycles. The second-order valence-corrected chi connectivity index (χ2v) is 6.32. The van der Waals surface area contributed by atoms with Crippen LogP contribution in [0.3, 0.4) is 0 Å². The van der Waals surface area contributed by atoms with E-state index < -0.39 is 10.0 Å². The summed E-state index contributed by atoms with van der Waals surface area (Å²) in [6.45, 7) is 5.60. The zero-order chi connectivity index (χ0) is 13.2. The maximum absolute atomic E-state index is 12.2. The van der Waals surface area contributed by atoms with Crippen molar-refractivity contribution in [2.75, 3.05) is 6.54 Å². The van der Waals surface area contributed by atoms with Crippen molar-refractivity contribution < 1.29 is 8.42 Å². The molecule has 2 unspecified atom stereocenters. The lowest BCUT2D eigenvalue weighted by Gasteiger charge is -2.30. The highest BCUT2D eigenvalue weighted by Crippen LogP contribution is 2.13. The minimum absolute atomic E-state index is 0.0597. The number of hydrogen-bond acceptors (Lipinski definition) is 4. The number of nitrogens with zero attached hydrogens (tertiary/aromatic N) is 2. The highest BCUT2D eigenvalue weighted by molar-refractivity contribution is 7.89. The molecule has 0 radical (unpaired) electrons. The van der Waals surface area contributed by atoms with Crippen LogP contribution in [-0.2, 0) is 16.6 Å². The van der Waals surface area contributed by atoms with Crippen LogP contribution in [0.4, 0.5) is 0 Å². The van der Waals surface area contributed by atoms with Crippen LogP contribution in [0.1, 0.15) is 26.7 Å². The number of imidazole rings is 1. The van der Waals surface area contributed by atoms with Crippen LogP contribution in [0.25, 0.3) is 0 Å². The van der Waals surface area contributed by atoms with Gasteiger partial charge in [-0.05, 0) is 33.2 Å². The van der Waals surface area contributed by atoms with E-state index in [0.29, 0.717) is 6.54 Å². The van der Waals surface area contributed by atoms with Gasteiger partial charge >= 0.3 is 0 Å². The Morgan fingerprint density at radius 3 is 3.00 bits per heavy atom. The van der Waals surface area contributed by atoms with E-state index in [1.165, 1.54) is 6.33 Å². The Labute approximate surface area is 108 Å². The van der Waals surface area contributed by atoms with Crippen molar-refractivity contribution in [3.05, 3.63) is 12.5 Å². The minimum Gasteiger partial charge on any atom is -0.336 e. The van der Waals surface area contributed by atoms with Crippen molar-refractivity contribution in [1.29, 1.82) is 0 Å². The summed E-state index contributed by atoms with van der Waals surface area (Å²) in [7, 11) is -3.50. The lowest BCUT2D eigenvalue weighted by atomic mass is 10.0. The Hall–Kier alpha value is -0.920. The van der Waals surface area contributed by atoms with Gasteiger partial charge in [-0.25, -0.2) is 18.1 Å². The lowest BCUT2D eigenvalue weighted by Crippen LogP contribution is -2.51. The number of aromatic nitrogens is 2. The van der Waals surface area contributed by atoms with E-state index >= 15 is 0 Å².